The predicted molar refractivity (Wildman–Crippen MR) is 199 cm³/mol. The highest BCUT2D eigenvalue weighted by molar-refractivity contribution is 6.31. The third-order valence-electron chi connectivity index (χ3n) is 8.90. The molecule has 0 aromatic heterocycles. The van der Waals surface area contributed by atoms with Crippen molar-refractivity contribution < 1.29 is 43.3 Å². The van der Waals surface area contributed by atoms with Gasteiger partial charge in [-0.05, 0) is 55.5 Å². The van der Waals surface area contributed by atoms with Gasteiger partial charge in [0.25, 0.3) is 5.69 Å². The minimum absolute atomic E-state index is 0.00597. The maximum Gasteiger partial charge on any atom is 0.269 e. The summed E-state index contributed by atoms with van der Waals surface area (Å²) in [5.41, 5.74) is 0.326. The van der Waals surface area contributed by atoms with E-state index in [0.29, 0.717) is 32.0 Å². The molecule has 1 N–H and O–H groups in total. The standard InChI is InChI=1S/C41H53NO10/c1-5-9-13-21-48-32-25-30-34(38(45)39(32)50-23-15-11-7-3)36(43)31-26-33(49-22-14-10-6-2)40(51-24-16-12-8-4)41(35(31)37(30)44)52-27-28-17-19-29(20-18-28)42(46)47/h17-20,25-26,45H,5-16,21-24,27H2,1-4H3. The zero-order valence-corrected chi connectivity index (χ0v) is 31.1. The highest BCUT2D eigenvalue weighted by atomic mass is 16.6. The topological polar surface area (TPSA) is 144 Å². The summed E-state index contributed by atoms with van der Waals surface area (Å²) in [6.45, 7) is 9.56. The van der Waals surface area contributed by atoms with Crippen LogP contribution in [0.15, 0.2) is 36.4 Å². The van der Waals surface area contributed by atoms with Crippen LogP contribution in [-0.4, -0.2) is 48.0 Å². The quantitative estimate of drug-likeness (QED) is 0.0422. The van der Waals surface area contributed by atoms with Crippen molar-refractivity contribution >= 4 is 17.3 Å². The highest BCUT2D eigenvalue weighted by Crippen LogP contribution is 2.50. The molecule has 0 radical (unpaired) electrons. The molecular weight excluding hydrogens is 666 g/mol. The van der Waals surface area contributed by atoms with E-state index in [1.165, 1.54) is 24.3 Å². The second-order valence-corrected chi connectivity index (χ2v) is 13.0. The van der Waals surface area contributed by atoms with Crippen molar-refractivity contribution in [3.05, 3.63) is 74.3 Å². The Labute approximate surface area is 306 Å². The lowest BCUT2D eigenvalue weighted by Gasteiger charge is -2.26. The first-order chi connectivity index (χ1) is 25.3. The third kappa shape index (κ3) is 9.95. The number of aromatic hydroxyl groups is 1. The number of nitro benzene ring substituents is 1. The number of benzene rings is 3. The monoisotopic (exact) mass is 719 g/mol. The van der Waals surface area contributed by atoms with Crippen LogP contribution in [0.1, 0.15) is 142 Å². The molecule has 52 heavy (non-hydrogen) atoms. The van der Waals surface area contributed by atoms with Gasteiger partial charge >= 0.3 is 0 Å². The van der Waals surface area contributed by atoms with Gasteiger partial charge in [0.2, 0.25) is 11.5 Å². The predicted octanol–water partition coefficient (Wildman–Crippen LogP) is 9.93. The first-order valence-electron chi connectivity index (χ1n) is 18.8. The van der Waals surface area contributed by atoms with Crippen LogP contribution < -0.4 is 23.7 Å². The number of hydrogen-bond donors (Lipinski definition) is 1. The number of rotatable bonds is 24. The Balaban J connectivity index is 1.86. The lowest BCUT2D eigenvalue weighted by Crippen LogP contribution is -2.24. The molecule has 0 atom stereocenters. The van der Waals surface area contributed by atoms with Gasteiger partial charge in [-0.3, -0.25) is 19.7 Å². The first-order valence-corrected chi connectivity index (χ1v) is 18.8. The molecule has 0 spiro atoms. The molecule has 0 bridgehead atoms. The Morgan fingerprint density at radius 3 is 1.52 bits per heavy atom. The maximum atomic E-state index is 14.6. The molecule has 0 unspecified atom stereocenters. The molecule has 0 saturated carbocycles. The minimum atomic E-state index is -0.589. The average molecular weight is 720 g/mol. The lowest BCUT2D eigenvalue weighted by molar-refractivity contribution is -0.384. The van der Waals surface area contributed by atoms with Gasteiger partial charge in [0.1, 0.15) is 6.61 Å². The van der Waals surface area contributed by atoms with E-state index in [-0.39, 0.29) is 63.3 Å². The van der Waals surface area contributed by atoms with Crippen LogP contribution in [0.5, 0.6) is 34.5 Å². The normalized spacial score (nSPS) is 11.9. The number of non-ortho nitro benzene ring substituents is 1. The Kier molecular flexibility index (Phi) is 15.6. The fourth-order valence-corrected chi connectivity index (χ4v) is 5.94. The fraction of sp³-hybridized carbons (Fsp3) is 0.512. The summed E-state index contributed by atoms with van der Waals surface area (Å²) < 4.78 is 31.0. The molecule has 0 amide bonds. The molecular formula is C41H53NO10. The number of ether oxygens (including phenoxy) is 5. The zero-order chi connectivity index (χ0) is 37.5. The molecule has 0 heterocycles. The number of nitrogens with zero attached hydrogens (tertiary/aromatic N) is 1. The molecule has 1 aliphatic carbocycles. The molecule has 11 heteroatoms. The second-order valence-electron chi connectivity index (χ2n) is 13.0. The van der Waals surface area contributed by atoms with Crippen molar-refractivity contribution in [2.24, 2.45) is 0 Å². The van der Waals surface area contributed by atoms with Crippen LogP contribution in [0, 0.1) is 10.1 Å². The van der Waals surface area contributed by atoms with Gasteiger partial charge in [-0.2, -0.15) is 0 Å². The van der Waals surface area contributed by atoms with Crippen molar-refractivity contribution in [3.63, 3.8) is 0 Å². The number of nitro groups is 1. The summed E-state index contributed by atoms with van der Waals surface area (Å²) >= 11 is 0. The summed E-state index contributed by atoms with van der Waals surface area (Å²) in [4.78, 5) is 39.8. The van der Waals surface area contributed by atoms with E-state index in [4.69, 9.17) is 23.7 Å². The van der Waals surface area contributed by atoms with E-state index in [1.807, 2.05) is 0 Å². The van der Waals surface area contributed by atoms with Gasteiger partial charge < -0.3 is 28.8 Å². The summed E-state index contributed by atoms with van der Waals surface area (Å²) in [6.07, 6.45) is 10.6. The zero-order valence-electron chi connectivity index (χ0n) is 31.1. The second kappa shape index (κ2) is 20.3. The Morgan fingerprint density at radius 1 is 0.577 bits per heavy atom. The maximum absolute atomic E-state index is 14.6. The summed E-state index contributed by atoms with van der Waals surface area (Å²) in [5, 5.41) is 22.9. The van der Waals surface area contributed by atoms with Crippen LogP contribution in [0.3, 0.4) is 0 Å². The lowest BCUT2D eigenvalue weighted by atomic mass is 9.82. The molecule has 0 aliphatic heterocycles. The summed E-state index contributed by atoms with van der Waals surface area (Å²) in [7, 11) is 0. The summed E-state index contributed by atoms with van der Waals surface area (Å²) in [5.74, 6) is -0.866. The molecule has 0 fully saturated rings. The van der Waals surface area contributed by atoms with Crippen molar-refractivity contribution in [2.75, 3.05) is 26.4 Å². The van der Waals surface area contributed by atoms with Gasteiger partial charge in [-0.15, -0.1) is 0 Å². The van der Waals surface area contributed by atoms with Crippen molar-refractivity contribution in [1.29, 1.82) is 0 Å². The molecule has 3 aromatic rings. The molecule has 3 aromatic carbocycles. The third-order valence-corrected chi connectivity index (χ3v) is 8.90. The smallest absolute Gasteiger partial charge is 0.269 e. The largest absolute Gasteiger partial charge is 0.504 e. The van der Waals surface area contributed by atoms with E-state index in [0.717, 1.165) is 77.0 Å². The molecule has 1 aliphatic rings. The van der Waals surface area contributed by atoms with E-state index in [1.54, 1.807) is 12.1 Å². The number of unbranched alkanes of at least 4 members (excludes halogenated alkanes) is 8. The molecule has 4 rings (SSSR count). The van der Waals surface area contributed by atoms with Gasteiger partial charge in [0.15, 0.2) is 34.6 Å². The van der Waals surface area contributed by atoms with Crippen molar-refractivity contribution in [3.8, 4) is 34.5 Å². The van der Waals surface area contributed by atoms with Gasteiger partial charge in [0, 0.05) is 23.3 Å². The minimum Gasteiger partial charge on any atom is -0.504 e. The number of ketones is 2. The number of phenols is 1. The number of fused-ring (bicyclic) bond motifs is 2. The fourth-order valence-electron chi connectivity index (χ4n) is 5.94. The van der Waals surface area contributed by atoms with Crippen LogP contribution in [-0.2, 0) is 6.61 Å². The molecule has 0 saturated heterocycles. The van der Waals surface area contributed by atoms with E-state index >= 15 is 0 Å². The van der Waals surface area contributed by atoms with Crippen LogP contribution >= 0.6 is 0 Å². The van der Waals surface area contributed by atoms with Crippen LogP contribution in [0.2, 0.25) is 0 Å². The number of carbonyl (C=O) groups excluding carboxylic acids is 2. The van der Waals surface area contributed by atoms with Crippen LogP contribution in [0.25, 0.3) is 0 Å². The van der Waals surface area contributed by atoms with Crippen molar-refractivity contribution in [1.82, 2.24) is 0 Å². The molecule has 282 valence electrons. The van der Waals surface area contributed by atoms with Gasteiger partial charge in [-0.1, -0.05) is 79.1 Å². The SMILES string of the molecule is CCCCCOc1cc2c(c(O)c1OCCCCC)C(=O)c1cc(OCCCCC)c(OCCCCC)c(OCc3ccc([N+](=O)[O-])cc3)c1C2=O. The van der Waals surface area contributed by atoms with E-state index in [9.17, 15) is 24.8 Å². The Morgan fingerprint density at radius 2 is 1.02 bits per heavy atom. The van der Waals surface area contributed by atoms with Crippen LogP contribution in [0.4, 0.5) is 5.69 Å². The Hall–Kier alpha value is -4.80. The van der Waals surface area contributed by atoms with E-state index in [2.05, 4.69) is 27.7 Å². The summed E-state index contributed by atoms with van der Waals surface area (Å²) in [6, 6.07) is 8.89. The van der Waals surface area contributed by atoms with Gasteiger partial charge in [-0.25, -0.2) is 0 Å². The molecule has 11 nitrogen and oxygen atoms in total. The van der Waals surface area contributed by atoms with Crippen molar-refractivity contribution in [2.45, 2.75) is 111 Å². The number of carbonyl (C=O) groups is 2. The number of phenolic OH excluding ortho intramolecular Hbond substituents is 1. The van der Waals surface area contributed by atoms with E-state index < -0.39 is 22.2 Å². The average Bonchev–Trinajstić information content (AvgIpc) is 3.14. The Bertz CT molecular complexity index is 1670. The number of hydrogen-bond acceptors (Lipinski definition) is 10. The first kappa shape index (κ1) is 40.0. The van der Waals surface area contributed by atoms with Gasteiger partial charge in [0.05, 0.1) is 42.5 Å². The highest BCUT2D eigenvalue weighted by Gasteiger charge is 2.40.